The van der Waals surface area contributed by atoms with Crippen molar-refractivity contribution in [3.63, 3.8) is 0 Å². The van der Waals surface area contributed by atoms with E-state index >= 15 is 0 Å². The van der Waals surface area contributed by atoms with Crippen molar-refractivity contribution in [1.82, 2.24) is 5.16 Å². The molecule has 0 spiro atoms. The van der Waals surface area contributed by atoms with E-state index in [1.807, 2.05) is 12.1 Å². The van der Waals surface area contributed by atoms with Gasteiger partial charge in [0, 0.05) is 6.07 Å². The van der Waals surface area contributed by atoms with Gasteiger partial charge in [-0.3, -0.25) is 0 Å². The first kappa shape index (κ1) is 10.7. The highest BCUT2D eigenvalue weighted by Crippen LogP contribution is 2.14. The Kier molecular flexibility index (Phi) is 4.14. The van der Waals surface area contributed by atoms with Gasteiger partial charge in [-0.25, -0.2) is 0 Å². The number of rotatable bonds is 5. The zero-order valence-electron chi connectivity index (χ0n) is 8.49. The Morgan fingerprint density at radius 1 is 1.64 bits per heavy atom. The lowest BCUT2D eigenvalue weighted by Gasteiger charge is -1.95. The van der Waals surface area contributed by atoms with E-state index < -0.39 is 0 Å². The highest BCUT2D eigenvalue weighted by molar-refractivity contribution is 5.08. The average molecular weight is 194 g/mol. The maximum absolute atomic E-state index is 8.27. The van der Waals surface area contributed by atoms with E-state index in [1.54, 1.807) is 0 Å². The predicted octanol–water partition coefficient (Wildman–Crippen LogP) is 2.23. The number of nitrogens with zero attached hydrogens (tertiary/aromatic N) is 2. The minimum atomic E-state index is 0.367. The topological polar surface area (TPSA) is 59.0 Å². The third kappa shape index (κ3) is 3.19. The molecule has 4 nitrogen and oxygen atoms in total. The van der Waals surface area contributed by atoms with E-state index in [0.29, 0.717) is 31.3 Å². The third-order valence-electron chi connectivity index (χ3n) is 1.77. The molecule has 0 aliphatic carbocycles. The van der Waals surface area contributed by atoms with Gasteiger partial charge in [-0.15, -0.1) is 0 Å². The molecule has 1 heterocycles. The molecular weight excluding hydrogens is 180 g/mol. The van der Waals surface area contributed by atoms with E-state index in [9.17, 15) is 0 Å². The molecule has 0 N–H and O–H groups in total. The highest BCUT2D eigenvalue weighted by Gasteiger charge is 2.06. The van der Waals surface area contributed by atoms with Crippen LogP contribution in [0.4, 0.5) is 0 Å². The molecule has 0 fully saturated rings. The van der Waals surface area contributed by atoms with Crippen LogP contribution in [0.25, 0.3) is 0 Å². The number of hydrogen-bond acceptors (Lipinski definition) is 4. The van der Waals surface area contributed by atoms with E-state index in [1.165, 1.54) is 0 Å². The first-order chi connectivity index (χ1) is 6.74. The van der Waals surface area contributed by atoms with Gasteiger partial charge in [-0.05, 0) is 5.92 Å². The second-order valence-electron chi connectivity index (χ2n) is 3.33. The third-order valence-corrected chi connectivity index (χ3v) is 1.77. The summed E-state index contributed by atoms with van der Waals surface area (Å²) < 4.78 is 10.2. The molecule has 14 heavy (non-hydrogen) atoms. The molecule has 0 saturated carbocycles. The summed E-state index contributed by atoms with van der Waals surface area (Å²) in [7, 11) is 0. The molecule has 0 aliphatic heterocycles. The first-order valence-corrected chi connectivity index (χ1v) is 4.64. The number of ether oxygens (including phenoxy) is 1. The molecule has 0 bridgehead atoms. The smallest absolute Gasteiger partial charge is 0.162 e. The number of hydrogen-bond donors (Lipinski definition) is 0. The minimum Gasteiger partial charge on any atom is -0.372 e. The zero-order valence-corrected chi connectivity index (χ0v) is 8.49. The molecule has 0 radical (unpaired) electrons. The van der Waals surface area contributed by atoms with Gasteiger partial charge in [0.25, 0.3) is 0 Å². The second-order valence-corrected chi connectivity index (χ2v) is 3.33. The van der Waals surface area contributed by atoms with Crippen molar-refractivity contribution >= 4 is 0 Å². The quantitative estimate of drug-likeness (QED) is 0.674. The molecule has 76 valence electrons. The van der Waals surface area contributed by atoms with Gasteiger partial charge in [0.1, 0.15) is 6.61 Å². The van der Waals surface area contributed by atoms with Crippen molar-refractivity contribution < 1.29 is 9.26 Å². The van der Waals surface area contributed by atoms with Gasteiger partial charge in [-0.2, -0.15) is 5.26 Å². The Morgan fingerprint density at radius 3 is 3.00 bits per heavy atom. The van der Waals surface area contributed by atoms with Crippen LogP contribution in [0.3, 0.4) is 0 Å². The predicted molar refractivity (Wildman–Crippen MR) is 50.5 cm³/mol. The Balaban J connectivity index is 2.33. The zero-order chi connectivity index (χ0) is 10.4. The Hall–Kier alpha value is -1.34. The lowest BCUT2D eigenvalue weighted by Crippen LogP contribution is -1.92. The van der Waals surface area contributed by atoms with Gasteiger partial charge in [0.05, 0.1) is 24.8 Å². The molecule has 0 aromatic carbocycles. The molecule has 1 aromatic rings. The first-order valence-electron chi connectivity index (χ1n) is 4.64. The van der Waals surface area contributed by atoms with Crippen LogP contribution in [0.2, 0.25) is 0 Å². The summed E-state index contributed by atoms with van der Waals surface area (Å²) in [5, 5.41) is 12.2. The lowest BCUT2D eigenvalue weighted by atomic mass is 10.1. The normalized spacial score (nSPS) is 10.4. The summed E-state index contributed by atoms with van der Waals surface area (Å²) in [6.07, 6.45) is 0.408. The molecule has 0 unspecified atom stereocenters. The average Bonchev–Trinajstić information content (AvgIpc) is 2.61. The molecule has 1 rings (SSSR count). The van der Waals surface area contributed by atoms with Gasteiger partial charge in [0.2, 0.25) is 0 Å². The fourth-order valence-electron chi connectivity index (χ4n) is 0.960. The molecule has 0 atom stereocenters. The van der Waals surface area contributed by atoms with Crippen LogP contribution in [0.15, 0.2) is 10.6 Å². The fraction of sp³-hybridized carbons (Fsp3) is 0.600. The molecule has 4 heteroatoms. The highest BCUT2D eigenvalue weighted by atomic mass is 16.5. The van der Waals surface area contributed by atoms with Gasteiger partial charge >= 0.3 is 0 Å². The second kappa shape index (κ2) is 5.40. The largest absolute Gasteiger partial charge is 0.372 e. The van der Waals surface area contributed by atoms with Crippen LogP contribution in [0.5, 0.6) is 0 Å². The van der Waals surface area contributed by atoms with Crippen LogP contribution in [-0.2, 0) is 11.3 Å². The van der Waals surface area contributed by atoms with E-state index in [4.69, 9.17) is 14.5 Å². The summed E-state index contributed by atoms with van der Waals surface area (Å²) in [6.45, 7) is 4.94. The van der Waals surface area contributed by atoms with Crippen molar-refractivity contribution in [2.24, 2.45) is 0 Å². The van der Waals surface area contributed by atoms with Crippen LogP contribution in [0, 0.1) is 11.3 Å². The monoisotopic (exact) mass is 194 g/mol. The fourth-order valence-corrected chi connectivity index (χ4v) is 0.960. The molecule has 0 saturated heterocycles. The molecule has 1 aromatic heterocycles. The summed E-state index contributed by atoms with van der Waals surface area (Å²) in [5.41, 5.74) is 0.934. The summed E-state index contributed by atoms with van der Waals surface area (Å²) >= 11 is 0. The maximum Gasteiger partial charge on any atom is 0.162 e. The van der Waals surface area contributed by atoms with Crippen LogP contribution < -0.4 is 0 Å². The van der Waals surface area contributed by atoms with E-state index in [0.717, 1.165) is 5.69 Å². The van der Waals surface area contributed by atoms with Crippen molar-refractivity contribution in [2.45, 2.75) is 32.8 Å². The SMILES string of the molecule is CC(C)c1cc(COCCC#N)on1. The van der Waals surface area contributed by atoms with E-state index in [-0.39, 0.29) is 0 Å². The Bertz CT molecular complexity index is 312. The number of nitriles is 1. The Labute approximate surface area is 83.5 Å². The van der Waals surface area contributed by atoms with Gasteiger partial charge in [-0.1, -0.05) is 19.0 Å². The molecule has 0 aliphatic rings. The van der Waals surface area contributed by atoms with Gasteiger partial charge in [0.15, 0.2) is 5.76 Å². The number of aromatic nitrogens is 1. The van der Waals surface area contributed by atoms with Crippen LogP contribution >= 0.6 is 0 Å². The van der Waals surface area contributed by atoms with Crippen molar-refractivity contribution in [2.75, 3.05) is 6.61 Å². The summed E-state index contributed by atoms with van der Waals surface area (Å²) in [6, 6.07) is 3.89. The van der Waals surface area contributed by atoms with Crippen molar-refractivity contribution in [3.8, 4) is 6.07 Å². The lowest BCUT2D eigenvalue weighted by molar-refractivity contribution is 0.106. The Morgan fingerprint density at radius 2 is 2.43 bits per heavy atom. The molecule has 0 amide bonds. The van der Waals surface area contributed by atoms with Gasteiger partial charge < -0.3 is 9.26 Å². The van der Waals surface area contributed by atoms with Crippen LogP contribution in [-0.4, -0.2) is 11.8 Å². The van der Waals surface area contributed by atoms with Crippen molar-refractivity contribution in [3.05, 3.63) is 17.5 Å². The van der Waals surface area contributed by atoms with Crippen molar-refractivity contribution in [1.29, 1.82) is 5.26 Å². The minimum absolute atomic E-state index is 0.367. The standard InChI is InChI=1S/C10H14N2O2/c1-8(2)10-6-9(14-12-10)7-13-5-3-4-11/h6,8H,3,5,7H2,1-2H3. The summed E-state index contributed by atoms with van der Waals surface area (Å²) in [5.74, 6) is 1.08. The summed E-state index contributed by atoms with van der Waals surface area (Å²) in [4.78, 5) is 0. The van der Waals surface area contributed by atoms with Crippen LogP contribution in [0.1, 0.15) is 37.6 Å². The van der Waals surface area contributed by atoms with E-state index in [2.05, 4.69) is 19.0 Å². The maximum atomic E-state index is 8.27. The molecular formula is C10H14N2O2.